The predicted octanol–water partition coefficient (Wildman–Crippen LogP) is 1.68. The molecule has 2 aliphatic rings. The smallest absolute Gasteiger partial charge is 0.246 e. The van der Waals surface area contributed by atoms with E-state index in [1.54, 1.807) is 13.2 Å². The number of hydrogen-bond donors (Lipinski definition) is 0. The van der Waals surface area contributed by atoms with Gasteiger partial charge in [-0.3, -0.25) is 4.79 Å². The van der Waals surface area contributed by atoms with Gasteiger partial charge in [-0.15, -0.1) is 0 Å². The summed E-state index contributed by atoms with van der Waals surface area (Å²) in [6.45, 7) is 5.88. The predicted molar refractivity (Wildman–Crippen MR) is 116 cm³/mol. The summed E-state index contributed by atoms with van der Waals surface area (Å²) < 4.78 is 10.6. The molecule has 2 saturated heterocycles. The summed E-state index contributed by atoms with van der Waals surface area (Å²) in [7, 11) is 1.64. The highest BCUT2D eigenvalue weighted by Gasteiger charge is 2.22. The number of anilines is 2. The minimum Gasteiger partial charge on any atom is -0.497 e. The van der Waals surface area contributed by atoms with E-state index in [9.17, 15) is 4.79 Å². The normalized spacial score (nSPS) is 17.4. The second-order valence-electron chi connectivity index (χ2n) is 7.23. The quantitative estimate of drug-likeness (QED) is 0.696. The Labute approximate surface area is 176 Å². The first-order chi connectivity index (χ1) is 14.7. The highest BCUT2D eigenvalue weighted by atomic mass is 16.5. The van der Waals surface area contributed by atoms with Crippen molar-refractivity contribution < 1.29 is 14.3 Å². The molecule has 4 rings (SSSR count). The van der Waals surface area contributed by atoms with Gasteiger partial charge in [-0.25, -0.2) is 4.98 Å². The number of ether oxygens (including phenoxy) is 2. The van der Waals surface area contributed by atoms with Gasteiger partial charge in [0.05, 0.1) is 20.3 Å². The Morgan fingerprint density at radius 1 is 1.00 bits per heavy atom. The van der Waals surface area contributed by atoms with E-state index in [1.165, 1.54) is 0 Å². The van der Waals surface area contributed by atoms with E-state index in [1.807, 2.05) is 47.5 Å². The summed E-state index contributed by atoms with van der Waals surface area (Å²) >= 11 is 0. The maximum Gasteiger partial charge on any atom is 0.246 e. The Kier molecular flexibility index (Phi) is 6.44. The molecule has 0 bridgehead atoms. The van der Waals surface area contributed by atoms with Crippen molar-refractivity contribution in [1.29, 1.82) is 0 Å². The molecule has 2 aromatic rings. The number of carbonyl (C=O) groups is 1. The average Bonchev–Trinajstić information content (AvgIpc) is 2.83. The summed E-state index contributed by atoms with van der Waals surface area (Å²) in [5, 5.41) is 0. The van der Waals surface area contributed by atoms with Crippen molar-refractivity contribution in [2.24, 2.45) is 0 Å². The average molecular weight is 409 g/mol. The lowest BCUT2D eigenvalue weighted by molar-refractivity contribution is -0.126. The number of rotatable bonds is 5. The molecule has 0 N–H and O–H groups in total. The van der Waals surface area contributed by atoms with E-state index in [-0.39, 0.29) is 5.91 Å². The van der Waals surface area contributed by atoms with Crippen molar-refractivity contribution in [3.63, 3.8) is 0 Å². The molecule has 1 aromatic heterocycles. The van der Waals surface area contributed by atoms with Crippen LogP contribution in [0.25, 0.3) is 6.08 Å². The van der Waals surface area contributed by atoms with Crippen LogP contribution in [-0.4, -0.2) is 80.4 Å². The van der Waals surface area contributed by atoms with Gasteiger partial charge >= 0.3 is 0 Å². The van der Waals surface area contributed by atoms with Crippen LogP contribution in [0.2, 0.25) is 0 Å². The Balaban J connectivity index is 1.32. The van der Waals surface area contributed by atoms with Crippen LogP contribution in [0.5, 0.6) is 5.75 Å². The van der Waals surface area contributed by atoms with Crippen LogP contribution in [0.15, 0.2) is 42.6 Å². The maximum absolute atomic E-state index is 12.6. The SMILES string of the molecule is COc1ccc(/C=C/C(=O)N2CCN(c3ccnc(N4CCOCC4)n3)CC2)cc1. The molecule has 0 spiro atoms. The summed E-state index contributed by atoms with van der Waals surface area (Å²) in [6.07, 6.45) is 5.29. The van der Waals surface area contributed by atoms with E-state index < -0.39 is 0 Å². The zero-order valence-corrected chi connectivity index (χ0v) is 17.2. The first-order valence-electron chi connectivity index (χ1n) is 10.2. The highest BCUT2D eigenvalue weighted by molar-refractivity contribution is 5.92. The van der Waals surface area contributed by atoms with Crippen molar-refractivity contribution >= 4 is 23.7 Å². The van der Waals surface area contributed by atoms with Crippen molar-refractivity contribution in [3.8, 4) is 5.75 Å². The number of piperazine rings is 1. The lowest BCUT2D eigenvalue weighted by Gasteiger charge is -2.35. The Bertz CT molecular complexity index is 873. The van der Waals surface area contributed by atoms with Crippen molar-refractivity contribution in [1.82, 2.24) is 14.9 Å². The number of hydrogen-bond acceptors (Lipinski definition) is 7. The van der Waals surface area contributed by atoms with Gasteiger partial charge in [0.25, 0.3) is 0 Å². The number of methoxy groups -OCH3 is 1. The van der Waals surface area contributed by atoms with Crippen LogP contribution in [0.4, 0.5) is 11.8 Å². The fourth-order valence-electron chi connectivity index (χ4n) is 3.57. The minimum absolute atomic E-state index is 0.0298. The molecule has 8 nitrogen and oxygen atoms in total. The molecular weight excluding hydrogens is 382 g/mol. The molecule has 0 saturated carbocycles. The van der Waals surface area contributed by atoms with Gasteiger partial charge in [-0.1, -0.05) is 12.1 Å². The van der Waals surface area contributed by atoms with Gasteiger partial charge in [0.1, 0.15) is 11.6 Å². The lowest BCUT2D eigenvalue weighted by Crippen LogP contribution is -2.48. The number of carbonyl (C=O) groups excluding carboxylic acids is 1. The molecule has 8 heteroatoms. The summed E-state index contributed by atoms with van der Waals surface area (Å²) in [4.78, 5) is 27.9. The zero-order chi connectivity index (χ0) is 20.8. The molecule has 0 radical (unpaired) electrons. The molecule has 158 valence electrons. The zero-order valence-electron chi connectivity index (χ0n) is 17.2. The Morgan fingerprint density at radius 3 is 2.43 bits per heavy atom. The fourth-order valence-corrected chi connectivity index (χ4v) is 3.57. The molecule has 3 heterocycles. The van der Waals surface area contributed by atoms with Gasteiger partial charge in [-0.2, -0.15) is 4.98 Å². The van der Waals surface area contributed by atoms with Gasteiger partial charge in [0, 0.05) is 51.5 Å². The number of nitrogens with zero attached hydrogens (tertiary/aromatic N) is 5. The standard InChI is InChI=1S/C22H27N5O3/c1-29-19-5-2-18(3-6-19)4-7-21(28)26-12-10-25(11-13-26)20-8-9-23-22(24-20)27-14-16-30-17-15-27/h2-9H,10-17H2,1H3/b7-4+. The summed E-state index contributed by atoms with van der Waals surface area (Å²) in [6, 6.07) is 9.57. The Morgan fingerprint density at radius 2 is 1.73 bits per heavy atom. The molecule has 2 aliphatic heterocycles. The second-order valence-corrected chi connectivity index (χ2v) is 7.23. The first kappa shape index (κ1) is 20.2. The Hall–Kier alpha value is -3.13. The first-order valence-corrected chi connectivity index (χ1v) is 10.2. The van der Waals surface area contributed by atoms with Crippen LogP contribution in [0, 0.1) is 0 Å². The van der Waals surface area contributed by atoms with Crippen molar-refractivity contribution in [2.75, 3.05) is 69.4 Å². The highest BCUT2D eigenvalue weighted by Crippen LogP contribution is 2.18. The second kappa shape index (κ2) is 9.58. The maximum atomic E-state index is 12.6. The van der Waals surface area contributed by atoms with Crippen LogP contribution in [0.3, 0.4) is 0 Å². The molecule has 1 aromatic carbocycles. The van der Waals surface area contributed by atoms with Crippen molar-refractivity contribution in [2.45, 2.75) is 0 Å². The molecule has 30 heavy (non-hydrogen) atoms. The largest absolute Gasteiger partial charge is 0.497 e. The number of benzene rings is 1. The van der Waals surface area contributed by atoms with Crippen LogP contribution >= 0.6 is 0 Å². The van der Waals surface area contributed by atoms with Crippen molar-refractivity contribution in [3.05, 3.63) is 48.2 Å². The van der Waals surface area contributed by atoms with E-state index in [0.717, 1.165) is 49.3 Å². The third-order valence-corrected chi connectivity index (χ3v) is 5.37. The number of aromatic nitrogens is 2. The molecular formula is C22H27N5O3. The molecule has 0 aliphatic carbocycles. The third kappa shape index (κ3) is 4.88. The monoisotopic (exact) mass is 409 g/mol. The van der Waals surface area contributed by atoms with Gasteiger partial charge in [-0.05, 0) is 29.8 Å². The molecule has 0 atom stereocenters. The molecule has 2 fully saturated rings. The van der Waals surface area contributed by atoms with E-state index in [4.69, 9.17) is 14.5 Å². The number of morpholine rings is 1. The molecule has 0 unspecified atom stereocenters. The van der Waals surface area contributed by atoms with Gasteiger partial charge in [0.15, 0.2) is 0 Å². The topological polar surface area (TPSA) is 71.0 Å². The van der Waals surface area contributed by atoms with E-state index >= 15 is 0 Å². The lowest BCUT2D eigenvalue weighted by atomic mass is 10.2. The third-order valence-electron chi connectivity index (χ3n) is 5.37. The number of amides is 1. The molecule has 1 amide bonds. The van der Waals surface area contributed by atoms with E-state index in [0.29, 0.717) is 26.3 Å². The fraction of sp³-hybridized carbons (Fsp3) is 0.409. The minimum atomic E-state index is 0.0298. The van der Waals surface area contributed by atoms with Crippen LogP contribution in [0.1, 0.15) is 5.56 Å². The van der Waals surface area contributed by atoms with Crippen LogP contribution < -0.4 is 14.5 Å². The van der Waals surface area contributed by atoms with Gasteiger partial charge in [0.2, 0.25) is 11.9 Å². The van der Waals surface area contributed by atoms with E-state index in [2.05, 4.69) is 14.8 Å². The van der Waals surface area contributed by atoms with Crippen LogP contribution in [-0.2, 0) is 9.53 Å². The summed E-state index contributed by atoms with van der Waals surface area (Å²) in [5.41, 5.74) is 0.972. The van der Waals surface area contributed by atoms with Gasteiger partial charge < -0.3 is 24.2 Å². The summed E-state index contributed by atoms with van der Waals surface area (Å²) in [5.74, 6) is 2.49.